The largest absolute Gasteiger partial charge is 0.346 e. The smallest absolute Gasteiger partial charge is 0.223 e. The number of ketones is 1. The van der Waals surface area contributed by atoms with Crippen LogP contribution in [0.15, 0.2) is 11.6 Å². The first-order valence-electron chi connectivity index (χ1n) is 7.96. The minimum atomic E-state index is -0.407. The second-order valence-electron chi connectivity index (χ2n) is 5.74. The van der Waals surface area contributed by atoms with E-state index in [0.717, 1.165) is 44.9 Å². The van der Waals surface area contributed by atoms with Gasteiger partial charge in [0.1, 0.15) is 0 Å². The van der Waals surface area contributed by atoms with Gasteiger partial charge >= 0.3 is 0 Å². The molecular formula is C16H24N2O2S. The number of hydrogen-bond acceptors (Lipinski definition) is 4. The molecule has 0 radical (unpaired) electrons. The molecule has 2 rings (SSSR count). The molecule has 1 N–H and O–H groups in total. The number of rotatable bonds is 8. The lowest BCUT2D eigenvalue weighted by Crippen LogP contribution is -2.43. The van der Waals surface area contributed by atoms with E-state index in [-0.39, 0.29) is 17.6 Å². The van der Waals surface area contributed by atoms with Crippen LogP contribution in [0, 0.1) is 5.92 Å². The Kier molecular flexibility index (Phi) is 6.36. The number of nitrogens with zero attached hydrogens (tertiary/aromatic N) is 1. The molecule has 1 amide bonds. The molecule has 1 heterocycles. The van der Waals surface area contributed by atoms with E-state index in [1.165, 1.54) is 11.3 Å². The van der Waals surface area contributed by atoms with Crippen molar-refractivity contribution < 1.29 is 9.59 Å². The van der Waals surface area contributed by atoms with Crippen molar-refractivity contribution >= 4 is 23.0 Å². The van der Waals surface area contributed by atoms with Gasteiger partial charge in [0, 0.05) is 17.5 Å². The van der Waals surface area contributed by atoms with Crippen LogP contribution in [0.5, 0.6) is 0 Å². The number of carbonyl (C=O) groups is 2. The van der Waals surface area contributed by atoms with E-state index in [0.29, 0.717) is 11.4 Å². The average molecular weight is 308 g/mol. The molecule has 116 valence electrons. The highest BCUT2D eigenvalue weighted by Crippen LogP contribution is 2.25. The Morgan fingerprint density at radius 1 is 1.38 bits per heavy atom. The second-order valence-corrected chi connectivity index (χ2v) is 6.63. The monoisotopic (exact) mass is 308 g/mol. The Balaban J connectivity index is 1.97. The Morgan fingerprint density at radius 3 is 2.76 bits per heavy atom. The van der Waals surface area contributed by atoms with Gasteiger partial charge in [0.2, 0.25) is 11.7 Å². The normalized spacial score (nSPS) is 16.8. The molecule has 1 unspecified atom stereocenters. The Morgan fingerprint density at radius 2 is 2.14 bits per heavy atom. The second kappa shape index (κ2) is 8.27. The van der Waals surface area contributed by atoms with Crippen molar-refractivity contribution in [3.8, 4) is 0 Å². The first-order chi connectivity index (χ1) is 10.2. The molecule has 1 aromatic heterocycles. The van der Waals surface area contributed by atoms with Crippen LogP contribution in [-0.2, 0) is 4.79 Å². The molecule has 1 aromatic rings. The zero-order valence-electron chi connectivity index (χ0n) is 12.6. The third kappa shape index (κ3) is 4.63. The van der Waals surface area contributed by atoms with Gasteiger partial charge in [-0.1, -0.05) is 39.0 Å². The molecule has 0 aliphatic heterocycles. The SMILES string of the molecule is CCCCCC(NC(=O)C1CCCC1)C(=O)c1nccs1. The predicted molar refractivity (Wildman–Crippen MR) is 84.5 cm³/mol. The highest BCUT2D eigenvalue weighted by atomic mass is 32.1. The van der Waals surface area contributed by atoms with Crippen molar-refractivity contribution in [2.45, 2.75) is 64.3 Å². The Hall–Kier alpha value is -1.23. The fraction of sp³-hybridized carbons (Fsp3) is 0.688. The molecule has 4 nitrogen and oxygen atoms in total. The summed E-state index contributed by atoms with van der Waals surface area (Å²) in [5, 5.41) is 5.29. The van der Waals surface area contributed by atoms with Crippen LogP contribution in [-0.4, -0.2) is 22.7 Å². The first-order valence-corrected chi connectivity index (χ1v) is 8.84. The topological polar surface area (TPSA) is 59.1 Å². The summed E-state index contributed by atoms with van der Waals surface area (Å²) in [7, 11) is 0. The number of carbonyl (C=O) groups excluding carboxylic acids is 2. The van der Waals surface area contributed by atoms with Crippen LogP contribution in [0.1, 0.15) is 68.1 Å². The molecule has 1 aliphatic carbocycles. The summed E-state index contributed by atoms with van der Waals surface area (Å²) in [5.41, 5.74) is 0. The number of amides is 1. The van der Waals surface area contributed by atoms with Crippen LogP contribution in [0.4, 0.5) is 0 Å². The Labute approximate surface area is 130 Å². The van der Waals surface area contributed by atoms with Crippen molar-refractivity contribution in [3.05, 3.63) is 16.6 Å². The summed E-state index contributed by atoms with van der Waals surface area (Å²) in [6.07, 6.45) is 9.67. The summed E-state index contributed by atoms with van der Waals surface area (Å²) in [5.74, 6) is 0.120. The zero-order chi connectivity index (χ0) is 15.1. The van der Waals surface area contributed by atoms with Gasteiger partial charge in [0.05, 0.1) is 6.04 Å². The van der Waals surface area contributed by atoms with Gasteiger partial charge in [-0.05, 0) is 19.3 Å². The van der Waals surface area contributed by atoms with Gasteiger partial charge in [-0.2, -0.15) is 0 Å². The van der Waals surface area contributed by atoms with E-state index in [9.17, 15) is 9.59 Å². The summed E-state index contributed by atoms with van der Waals surface area (Å²) in [4.78, 5) is 28.9. The van der Waals surface area contributed by atoms with Crippen LogP contribution < -0.4 is 5.32 Å². The third-order valence-corrected chi connectivity index (χ3v) is 4.89. The van der Waals surface area contributed by atoms with Gasteiger partial charge in [-0.15, -0.1) is 11.3 Å². The molecule has 5 heteroatoms. The molecule has 0 saturated heterocycles. The minimum absolute atomic E-state index is 0.0348. The molecule has 1 atom stereocenters. The van der Waals surface area contributed by atoms with Crippen LogP contribution >= 0.6 is 11.3 Å². The van der Waals surface area contributed by atoms with Crippen molar-refractivity contribution in [1.82, 2.24) is 10.3 Å². The molecular weight excluding hydrogens is 284 g/mol. The van der Waals surface area contributed by atoms with E-state index in [1.807, 2.05) is 0 Å². The zero-order valence-corrected chi connectivity index (χ0v) is 13.5. The number of aromatic nitrogens is 1. The highest BCUT2D eigenvalue weighted by Gasteiger charge is 2.28. The molecule has 0 aromatic carbocycles. The fourth-order valence-electron chi connectivity index (χ4n) is 2.84. The van der Waals surface area contributed by atoms with Crippen LogP contribution in [0.25, 0.3) is 0 Å². The van der Waals surface area contributed by atoms with E-state index in [4.69, 9.17) is 0 Å². The van der Waals surface area contributed by atoms with E-state index in [1.54, 1.807) is 11.6 Å². The van der Waals surface area contributed by atoms with E-state index in [2.05, 4.69) is 17.2 Å². The van der Waals surface area contributed by atoms with Crippen molar-refractivity contribution in [3.63, 3.8) is 0 Å². The lowest BCUT2D eigenvalue weighted by molar-refractivity contribution is -0.125. The average Bonchev–Trinajstić information content (AvgIpc) is 3.18. The molecule has 1 saturated carbocycles. The molecule has 0 spiro atoms. The summed E-state index contributed by atoms with van der Waals surface area (Å²) >= 11 is 1.35. The Bertz CT molecular complexity index is 453. The summed E-state index contributed by atoms with van der Waals surface area (Å²) in [6, 6.07) is -0.407. The summed E-state index contributed by atoms with van der Waals surface area (Å²) in [6.45, 7) is 2.13. The molecule has 1 aliphatic rings. The maximum atomic E-state index is 12.5. The highest BCUT2D eigenvalue weighted by molar-refractivity contribution is 7.11. The predicted octanol–water partition coefficient (Wildman–Crippen LogP) is 3.58. The number of nitrogens with one attached hydrogen (secondary N) is 1. The lowest BCUT2D eigenvalue weighted by atomic mass is 10.0. The van der Waals surface area contributed by atoms with Gasteiger partial charge in [-0.25, -0.2) is 4.98 Å². The number of hydrogen-bond donors (Lipinski definition) is 1. The van der Waals surface area contributed by atoms with Gasteiger partial charge in [0.15, 0.2) is 5.01 Å². The number of Topliss-reactive ketones (excluding diaryl/α,β-unsaturated/α-hetero) is 1. The lowest BCUT2D eigenvalue weighted by Gasteiger charge is -2.19. The minimum Gasteiger partial charge on any atom is -0.346 e. The summed E-state index contributed by atoms with van der Waals surface area (Å²) < 4.78 is 0. The van der Waals surface area contributed by atoms with E-state index >= 15 is 0 Å². The molecule has 0 bridgehead atoms. The van der Waals surface area contributed by atoms with Gasteiger partial charge in [-0.3, -0.25) is 9.59 Å². The molecule has 1 fully saturated rings. The quantitative estimate of drug-likeness (QED) is 0.590. The van der Waals surface area contributed by atoms with Crippen LogP contribution in [0.2, 0.25) is 0 Å². The number of unbranched alkanes of at least 4 members (excludes halogenated alkanes) is 2. The fourth-order valence-corrected chi connectivity index (χ4v) is 3.47. The van der Waals surface area contributed by atoms with Gasteiger partial charge in [0.25, 0.3) is 0 Å². The first kappa shape index (κ1) is 16.1. The van der Waals surface area contributed by atoms with E-state index < -0.39 is 6.04 Å². The van der Waals surface area contributed by atoms with Crippen LogP contribution in [0.3, 0.4) is 0 Å². The standard InChI is InChI=1S/C16H24N2O2S/c1-2-3-4-9-13(14(19)16-17-10-11-21-16)18-15(20)12-7-5-6-8-12/h10-13H,2-9H2,1H3,(H,18,20). The maximum Gasteiger partial charge on any atom is 0.223 e. The van der Waals surface area contributed by atoms with Crippen molar-refractivity contribution in [2.24, 2.45) is 5.92 Å². The number of thiazole rings is 1. The van der Waals surface area contributed by atoms with Gasteiger partial charge < -0.3 is 5.32 Å². The van der Waals surface area contributed by atoms with Crippen molar-refractivity contribution in [1.29, 1.82) is 0 Å². The maximum absolute atomic E-state index is 12.5. The molecule has 21 heavy (non-hydrogen) atoms. The van der Waals surface area contributed by atoms with Crippen molar-refractivity contribution in [2.75, 3.05) is 0 Å². The third-order valence-electron chi connectivity index (χ3n) is 4.10.